The standard InChI is InChI=1S/C24H30N6O2/c1-17-4-6-20(7-5-17)12-25-23(31)16-30-27-24(26-28-30)22-10-8-21(9-11-22)15-29-13-18(2)32-19(3)14-29/h4-11,18-19H,12-16H2,1-3H3,(H,25,31). The first-order valence-electron chi connectivity index (χ1n) is 11.0. The first-order valence-corrected chi connectivity index (χ1v) is 11.0. The molecule has 0 spiro atoms. The van der Waals surface area contributed by atoms with E-state index in [2.05, 4.69) is 51.6 Å². The largest absolute Gasteiger partial charge is 0.373 e. The molecule has 1 aromatic heterocycles. The number of amides is 1. The van der Waals surface area contributed by atoms with E-state index in [0.29, 0.717) is 12.4 Å². The normalized spacial score (nSPS) is 19.1. The third-order valence-electron chi connectivity index (χ3n) is 5.46. The lowest BCUT2D eigenvalue weighted by atomic mass is 10.1. The number of tetrazole rings is 1. The van der Waals surface area contributed by atoms with E-state index in [1.54, 1.807) is 0 Å². The number of rotatable bonds is 7. The van der Waals surface area contributed by atoms with E-state index in [0.717, 1.165) is 30.8 Å². The van der Waals surface area contributed by atoms with Crippen LogP contribution in [-0.2, 0) is 29.2 Å². The summed E-state index contributed by atoms with van der Waals surface area (Å²) in [6, 6.07) is 16.3. The minimum Gasteiger partial charge on any atom is -0.373 e. The van der Waals surface area contributed by atoms with Gasteiger partial charge in [-0.1, -0.05) is 54.1 Å². The molecular weight excluding hydrogens is 404 g/mol. The highest BCUT2D eigenvalue weighted by molar-refractivity contribution is 5.75. The molecule has 0 aliphatic carbocycles. The lowest BCUT2D eigenvalue weighted by molar-refractivity contribution is -0.122. The molecule has 3 aromatic rings. The van der Waals surface area contributed by atoms with Crippen molar-refractivity contribution in [1.82, 2.24) is 30.4 Å². The van der Waals surface area contributed by atoms with Gasteiger partial charge in [-0.25, -0.2) is 0 Å². The van der Waals surface area contributed by atoms with Crippen molar-refractivity contribution in [3.63, 3.8) is 0 Å². The molecule has 8 heteroatoms. The van der Waals surface area contributed by atoms with Crippen LogP contribution >= 0.6 is 0 Å². The van der Waals surface area contributed by atoms with Gasteiger partial charge in [0.05, 0.1) is 12.2 Å². The van der Waals surface area contributed by atoms with E-state index in [9.17, 15) is 4.79 Å². The van der Waals surface area contributed by atoms with Crippen molar-refractivity contribution in [3.8, 4) is 11.4 Å². The minimum atomic E-state index is -0.154. The van der Waals surface area contributed by atoms with Gasteiger partial charge in [-0.15, -0.1) is 10.2 Å². The Hall–Kier alpha value is -3.10. The Balaban J connectivity index is 1.30. The smallest absolute Gasteiger partial charge is 0.243 e. The Morgan fingerprint density at radius 2 is 1.69 bits per heavy atom. The van der Waals surface area contributed by atoms with Crippen LogP contribution in [0.3, 0.4) is 0 Å². The molecule has 32 heavy (non-hydrogen) atoms. The van der Waals surface area contributed by atoms with Gasteiger partial charge in [0.15, 0.2) is 0 Å². The Bertz CT molecular complexity index is 1020. The van der Waals surface area contributed by atoms with Crippen molar-refractivity contribution in [2.75, 3.05) is 13.1 Å². The number of carbonyl (C=O) groups is 1. The quantitative estimate of drug-likeness (QED) is 0.615. The van der Waals surface area contributed by atoms with Crippen molar-refractivity contribution < 1.29 is 9.53 Å². The van der Waals surface area contributed by atoms with Crippen molar-refractivity contribution in [2.45, 2.75) is 52.6 Å². The van der Waals surface area contributed by atoms with Gasteiger partial charge in [0, 0.05) is 31.7 Å². The van der Waals surface area contributed by atoms with Crippen molar-refractivity contribution in [2.24, 2.45) is 0 Å². The molecule has 1 aliphatic heterocycles. The predicted octanol–water partition coefficient (Wildman–Crippen LogP) is 2.57. The molecule has 168 valence electrons. The summed E-state index contributed by atoms with van der Waals surface area (Å²) in [4.78, 5) is 16.0. The zero-order valence-electron chi connectivity index (χ0n) is 18.9. The van der Waals surface area contributed by atoms with Crippen LogP contribution in [0.15, 0.2) is 48.5 Å². The minimum absolute atomic E-state index is 0.0321. The van der Waals surface area contributed by atoms with Crippen molar-refractivity contribution in [1.29, 1.82) is 0 Å². The number of hydrogen-bond acceptors (Lipinski definition) is 6. The first-order chi connectivity index (χ1) is 15.4. The van der Waals surface area contributed by atoms with Crippen LogP contribution < -0.4 is 5.32 Å². The van der Waals surface area contributed by atoms with Crippen molar-refractivity contribution in [3.05, 3.63) is 65.2 Å². The summed E-state index contributed by atoms with van der Waals surface area (Å²) >= 11 is 0. The van der Waals surface area contributed by atoms with E-state index in [1.165, 1.54) is 15.9 Å². The second-order valence-corrected chi connectivity index (χ2v) is 8.55. The fourth-order valence-electron chi connectivity index (χ4n) is 3.95. The molecule has 0 radical (unpaired) electrons. The van der Waals surface area contributed by atoms with Gasteiger partial charge in [0.2, 0.25) is 11.7 Å². The third kappa shape index (κ3) is 5.99. The Morgan fingerprint density at radius 1 is 1.03 bits per heavy atom. The molecule has 2 heterocycles. The topological polar surface area (TPSA) is 85.2 Å². The maximum atomic E-state index is 12.2. The number of carbonyl (C=O) groups excluding carboxylic acids is 1. The molecule has 2 atom stereocenters. The maximum Gasteiger partial charge on any atom is 0.243 e. The van der Waals surface area contributed by atoms with E-state index >= 15 is 0 Å². The highest BCUT2D eigenvalue weighted by Crippen LogP contribution is 2.18. The molecule has 2 unspecified atom stereocenters. The number of morpholine rings is 1. The highest BCUT2D eigenvalue weighted by atomic mass is 16.5. The van der Waals surface area contributed by atoms with Crippen LogP contribution in [0.2, 0.25) is 0 Å². The van der Waals surface area contributed by atoms with E-state index < -0.39 is 0 Å². The van der Waals surface area contributed by atoms with Gasteiger partial charge >= 0.3 is 0 Å². The van der Waals surface area contributed by atoms with Gasteiger partial charge in [-0.3, -0.25) is 9.69 Å². The monoisotopic (exact) mass is 434 g/mol. The first kappa shape index (κ1) is 22.1. The Kier molecular flexibility index (Phi) is 6.92. The van der Waals surface area contributed by atoms with Crippen LogP contribution in [0.5, 0.6) is 0 Å². The van der Waals surface area contributed by atoms with E-state index in [1.807, 2.05) is 43.3 Å². The Labute approximate surface area is 188 Å². The Morgan fingerprint density at radius 3 is 2.38 bits per heavy atom. The van der Waals surface area contributed by atoms with Gasteiger partial charge < -0.3 is 10.1 Å². The van der Waals surface area contributed by atoms with Crippen LogP contribution in [0.25, 0.3) is 11.4 Å². The molecule has 1 amide bonds. The molecule has 0 saturated carbocycles. The number of benzene rings is 2. The average Bonchev–Trinajstić information content (AvgIpc) is 3.21. The molecule has 1 saturated heterocycles. The fraction of sp³-hybridized carbons (Fsp3) is 0.417. The molecule has 1 aliphatic rings. The van der Waals surface area contributed by atoms with Gasteiger partial charge in [-0.05, 0) is 37.1 Å². The zero-order chi connectivity index (χ0) is 22.5. The summed E-state index contributed by atoms with van der Waals surface area (Å²) in [6.45, 7) is 9.54. The lowest BCUT2D eigenvalue weighted by Crippen LogP contribution is -2.44. The number of aryl methyl sites for hydroxylation is 1. The number of aromatic nitrogens is 4. The third-order valence-corrected chi connectivity index (χ3v) is 5.46. The molecular formula is C24H30N6O2. The van der Waals surface area contributed by atoms with Crippen LogP contribution in [-0.4, -0.2) is 56.3 Å². The van der Waals surface area contributed by atoms with Crippen LogP contribution in [0.4, 0.5) is 0 Å². The molecule has 2 aromatic carbocycles. The SMILES string of the molecule is Cc1ccc(CNC(=O)Cn2nnc(-c3ccc(CN4CC(C)OC(C)C4)cc3)n2)cc1. The maximum absolute atomic E-state index is 12.2. The van der Waals surface area contributed by atoms with Crippen molar-refractivity contribution >= 4 is 5.91 Å². The zero-order valence-corrected chi connectivity index (χ0v) is 18.9. The van der Waals surface area contributed by atoms with Gasteiger partial charge in [-0.2, -0.15) is 4.80 Å². The lowest BCUT2D eigenvalue weighted by Gasteiger charge is -2.35. The summed E-state index contributed by atoms with van der Waals surface area (Å²) in [7, 11) is 0. The summed E-state index contributed by atoms with van der Waals surface area (Å²) in [5.41, 5.74) is 4.36. The molecule has 1 fully saturated rings. The molecule has 4 rings (SSSR count). The summed E-state index contributed by atoms with van der Waals surface area (Å²) < 4.78 is 5.81. The van der Waals surface area contributed by atoms with Gasteiger partial charge in [0.25, 0.3) is 0 Å². The average molecular weight is 435 g/mol. The predicted molar refractivity (Wildman–Crippen MR) is 122 cm³/mol. The second kappa shape index (κ2) is 10.0. The second-order valence-electron chi connectivity index (χ2n) is 8.55. The van der Waals surface area contributed by atoms with E-state index in [4.69, 9.17) is 4.74 Å². The van der Waals surface area contributed by atoms with E-state index in [-0.39, 0.29) is 24.7 Å². The fourth-order valence-corrected chi connectivity index (χ4v) is 3.95. The molecule has 0 bridgehead atoms. The summed E-state index contributed by atoms with van der Waals surface area (Å²) in [6.07, 6.45) is 0.512. The van der Waals surface area contributed by atoms with Gasteiger partial charge in [0.1, 0.15) is 6.54 Å². The number of hydrogen-bond donors (Lipinski definition) is 1. The van der Waals surface area contributed by atoms with Crippen LogP contribution in [0, 0.1) is 6.92 Å². The number of nitrogens with zero attached hydrogens (tertiary/aromatic N) is 5. The summed E-state index contributed by atoms with van der Waals surface area (Å²) in [5.74, 6) is 0.357. The van der Waals surface area contributed by atoms with Crippen LogP contribution in [0.1, 0.15) is 30.5 Å². The summed E-state index contributed by atoms with van der Waals surface area (Å²) in [5, 5.41) is 15.4. The number of nitrogens with one attached hydrogen (secondary N) is 1. The molecule has 8 nitrogen and oxygen atoms in total. The molecule has 1 N–H and O–H groups in total. The highest BCUT2D eigenvalue weighted by Gasteiger charge is 2.22. The number of ether oxygens (including phenoxy) is 1.